The van der Waals surface area contributed by atoms with Gasteiger partial charge in [0.15, 0.2) is 6.61 Å². The fraction of sp³-hybridized carbons (Fsp3) is 0.0400. The van der Waals surface area contributed by atoms with Gasteiger partial charge in [-0.15, -0.1) is 0 Å². The molecule has 4 rings (SSSR count). The van der Waals surface area contributed by atoms with Gasteiger partial charge >= 0.3 is 0 Å². The first-order valence-corrected chi connectivity index (χ1v) is 10.5. The highest BCUT2D eigenvalue weighted by Crippen LogP contribution is 2.34. The summed E-state index contributed by atoms with van der Waals surface area (Å²) in [4.78, 5) is 12.2. The maximum Gasteiger partial charge on any atom is 0.277 e. The van der Waals surface area contributed by atoms with Crippen molar-refractivity contribution in [2.75, 3.05) is 6.61 Å². The van der Waals surface area contributed by atoms with Crippen molar-refractivity contribution in [2.45, 2.75) is 0 Å². The van der Waals surface area contributed by atoms with E-state index in [4.69, 9.17) is 32.4 Å². The van der Waals surface area contributed by atoms with Gasteiger partial charge in [-0.1, -0.05) is 77.8 Å². The van der Waals surface area contributed by atoms with Crippen LogP contribution in [0.4, 0.5) is 0 Å². The molecule has 0 bridgehead atoms. The first-order chi connectivity index (χ1) is 15.6. The average Bonchev–Trinajstić information content (AvgIpc) is 3.29. The van der Waals surface area contributed by atoms with Crippen molar-refractivity contribution >= 4 is 35.3 Å². The number of halogens is 2. The highest BCUT2D eigenvalue weighted by molar-refractivity contribution is 6.43. The summed E-state index contributed by atoms with van der Waals surface area (Å²) in [5, 5.41) is 4.78. The predicted molar refractivity (Wildman–Crippen MR) is 127 cm³/mol. The molecule has 0 unspecified atom stereocenters. The lowest BCUT2D eigenvalue weighted by molar-refractivity contribution is -0.123. The van der Waals surface area contributed by atoms with E-state index in [1.165, 1.54) is 6.21 Å². The van der Waals surface area contributed by atoms with Crippen LogP contribution < -0.4 is 10.2 Å². The molecule has 0 atom stereocenters. The molecule has 0 spiro atoms. The third kappa shape index (κ3) is 5.19. The maximum atomic E-state index is 12.2. The lowest BCUT2D eigenvalue weighted by Crippen LogP contribution is -2.24. The molecule has 0 saturated carbocycles. The number of carbonyl (C=O) groups is 1. The Morgan fingerprint density at radius 2 is 1.66 bits per heavy atom. The molecule has 0 aliphatic rings. The Morgan fingerprint density at radius 3 is 2.50 bits per heavy atom. The summed E-state index contributed by atoms with van der Waals surface area (Å²) in [5.41, 5.74) is 5.02. The van der Waals surface area contributed by atoms with Crippen LogP contribution >= 0.6 is 23.2 Å². The molecule has 0 fully saturated rings. The average molecular weight is 465 g/mol. The van der Waals surface area contributed by atoms with Crippen molar-refractivity contribution in [3.05, 3.63) is 101 Å². The minimum absolute atomic E-state index is 0.178. The molecule has 5 nitrogen and oxygen atoms in total. The summed E-state index contributed by atoms with van der Waals surface area (Å²) in [7, 11) is 0. The molecule has 1 N–H and O–H groups in total. The van der Waals surface area contributed by atoms with Crippen molar-refractivity contribution < 1.29 is 13.9 Å². The van der Waals surface area contributed by atoms with Crippen LogP contribution in [-0.2, 0) is 4.79 Å². The number of hydrogen-bond donors (Lipinski definition) is 1. The molecular formula is C25H18Cl2N2O3. The molecule has 1 amide bonds. The highest BCUT2D eigenvalue weighted by Gasteiger charge is 2.11. The Balaban J connectivity index is 1.35. The summed E-state index contributed by atoms with van der Waals surface area (Å²) in [5.74, 6) is 1.22. The highest BCUT2D eigenvalue weighted by atomic mass is 35.5. The molecule has 7 heteroatoms. The molecule has 1 heterocycles. The van der Waals surface area contributed by atoms with E-state index < -0.39 is 5.91 Å². The van der Waals surface area contributed by atoms with Crippen LogP contribution in [0.25, 0.3) is 22.5 Å². The topological polar surface area (TPSA) is 63.8 Å². The van der Waals surface area contributed by atoms with E-state index in [-0.39, 0.29) is 6.61 Å². The van der Waals surface area contributed by atoms with Crippen LogP contribution in [0.15, 0.2) is 94.4 Å². The molecular weight excluding hydrogens is 447 g/mol. The van der Waals surface area contributed by atoms with E-state index in [2.05, 4.69) is 10.5 Å². The summed E-state index contributed by atoms with van der Waals surface area (Å²) in [6.07, 6.45) is 1.40. The zero-order valence-corrected chi connectivity index (χ0v) is 18.3. The zero-order valence-electron chi connectivity index (χ0n) is 16.8. The van der Waals surface area contributed by atoms with Crippen LogP contribution in [0.1, 0.15) is 5.76 Å². The Bertz CT molecular complexity index is 1250. The first-order valence-electron chi connectivity index (χ1n) is 9.75. The predicted octanol–water partition coefficient (Wildman–Crippen LogP) is 6.45. The molecule has 0 saturated heterocycles. The second-order valence-electron chi connectivity index (χ2n) is 6.75. The number of ether oxygens (including phenoxy) is 1. The second kappa shape index (κ2) is 10.2. The standard InChI is InChI=1S/C25H18Cl2N2O3/c26-21-11-6-10-20(25(21)27)23-14-13-18(32-23)15-28-29-24(30)16-31-22-12-5-4-9-19(22)17-7-2-1-3-8-17/h1-15H,16H2,(H,29,30). The summed E-state index contributed by atoms with van der Waals surface area (Å²) >= 11 is 12.3. The van der Waals surface area contributed by atoms with Gasteiger partial charge in [0.05, 0.1) is 16.3 Å². The number of furan rings is 1. The van der Waals surface area contributed by atoms with E-state index in [9.17, 15) is 4.79 Å². The van der Waals surface area contributed by atoms with Crippen LogP contribution in [0.2, 0.25) is 10.0 Å². The van der Waals surface area contributed by atoms with Gasteiger partial charge in [0.1, 0.15) is 17.3 Å². The quantitative estimate of drug-likeness (QED) is 0.252. The van der Waals surface area contributed by atoms with Crippen LogP contribution in [0.3, 0.4) is 0 Å². The van der Waals surface area contributed by atoms with Gasteiger partial charge in [-0.05, 0) is 35.9 Å². The zero-order chi connectivity index (χ0) is 22.3. The maximum absolute atomic E-state index is 12.2. The number of hydrazone groups is 1. The summed E-state index contributed by atoms with van der Waals surface area (Å²) in [6.45, 7) is -0.178. The third-order valence-corrected chi connectivity index (χ3v) is 5.37. The Kier molecular flexibility index (Phi) is 6.90. The molecule has 4 aromatic rings. The minimum Gasteiger partial charge on any atom is -0.483 e. The number of hydrogen-bond acceptors (Lipinski definition) is 4. The fourth-order valence-electron chi connectivity index (χ4n) is 3.05. The van der Waals surface area contributed by atoms with Gasteiger partial charge in [0.25, 0.3) is 5.91 Å². The van der Waals surface area contributed by atoms with Crippen LogP contribution in [0, 0.1) is 0 Å². The Hall–Kier alpha value is -3.54. The Morgan fingerprint density at radius 1 is 0.906 bits per heavy atom. The van der Waals surface area contributed by atoms with Crippen molar-refractivity contribution in [1.82, 2.24) is 5.43 Å². The SMILES string of the molecule is O=C(COc1ccccc1-c1ccccc1)NN=Cc1ccc(-c2cccc(Cl)c2Cl)o1. The largest absolute Gasteiger partial charge is 0.483 e. The number of benzene rings is 3. The smallest absolute Gasteiger partial charge is 0.277 e. The number of amides is 1. The second-order valence-corrected chi connectivity index (χ2v) is 7.53. The van der Waals surface area contributed by atoms with Crippen molar-refractivity contribution in [1.29, 1.82) is 0 Å². The lowest BCUT2D eigenvalue weighted by Gasteiger charge is -2.10. The van der Waals surface area contributed by atoms with Gasteiger partial charge in [0.2, 0.25) is 0 Å². The van der Waals surface area contributed by atoms with E-state index in [0.717, 1.165) is 11.1 Å². The molecule has 160 valence electrons. The molecule has 32 heavy (non-hydrogen) atoms. The van der Waals surface area contributed by atoms with E-state index in [0.29, 0.717) is 32.9 Å². The van der Waals surface area contributed by atoms with Gasteiger partial charge in [0, 0.05) is 11.1 Å². The van der Waals surface area contributed by atoms with Crippen LogP contribution in [0.5, 0.6) is 5.75 Å². The first kappa shape index (κ1) is 21.7. The number of para-hydroxylation sites is 1. The Labute approximate surface area is 195 Å². The van der Waals surface area contributed by atoms with Gasteiger partial charge in [-0.3, -0.25) is 4.79 Å². The van der Waals surface area contributed by atoms with Crippen molar-refractivity contribution in [3.8, 4) is 28.2 Å². The molecule has 0 aliphatic heterocycles. The summed E-state index contributed by atoms with van der Waals surface area (Å²) < 4.78 is 11.4. The van der Waals surface area contributed by atoms with E-state index >= 15 is 0 Å². The van der Waals surface area contributed by atoms with Gasteiger partial charge in [-0.2, -0.15) is 5.10 Å². The van der Waals surface area contributed by atoms with Gasteiger partial charge < -0.3 is 9.15 Å². The third-order valence-electron chi connectivity index (χ3n) is 4.56. The number of carbonyl (C=O) groups excluding carboxylic acids is 1. The number of rotatable bonds is 7. The van der Waals surface area contributed by atoms with E-state index in [1.807, 2.05) is 54.6 Å². The number of nitrogens with one attached hydrogen (secondary N) is 1. The van der Waals surface area contributed by atoms with Gasteiger partial charge in [-0.25, -0.2) is 5.43 Å². The number of nitrogens with zero attached hydrogens (tertiary/aromatic N) is 1. The molecule has 3 aromatic carbocycles. The monoisotopic (exact) mass is 464 g/mol. The molecule has 1 aromatic heterocycles. The fourth-order valence-corrected chi connectivity index (χ4v) is 3.45. The van der Waals surface area contributed by atoms with Crippen molar-refractivity contribution in [2.24, 2.45) is 5.10 Å². The van der Waals surface area contributed by atoms with Crippen molar-refractivity contribution in [3.63, 3.8) is 0 Å². The lowest BCUT2D eigenvalue weighted by atomic mass is 10.1. The molecule has 0 radical (unpaired) electrons. The summed E-state index contributed by atoms with van der Waals surface area (Å²) in [6, 6.07) is 26.1. The van der Waals surface area contributed by atoms with E-state index in [1.54, 1.807) is 30.3 Å². The normalized spacial score (nSPS) is 10.9. The minimum atomic E-state index is -0.395. The molecule has 0 aliphatic carbocycles. The van der Waals surface area contributed by atoms with Crippen LogP contribution in [-0.4, -0.2) is 18.7 Å².